The number of aromatic amines is 1. The Bertz CT molecular complexity index is 399. The van der Waals surface area contributed by atoms with Crippen LogP contribution in [0.15, 0.2) is 17.3 Å². The molecule has 0 aliphatic rings. The van der Waals surface area contributed by atoms with Gasteiger partial charge in [-0.25, -0.2) is 13.1 Å². The van der Waals surface area contributed by atoms with E-state index in [0.717, 1.165) is 0 Å². The van der Waals surface area contributed by atoms with Gasteiger partial charge in [-0.1, -0.05) is 0 Å². The van der Waals surface area contributed by atoms with Crippen LogP contribution >= 0.6 is 0 Å². The molecule has 8 heteroatoms. The smallest absolute Gasteiger partial charge is 0.244 e. The van der Waals surface area contributed by atoms with Crippen molar-refractivity contribution in [2.75, 3.05) is 14.2 Å². The average molecular weight is 249 g/mol. The number of sulfonamides is 1. The van der Waals surface area contributed by atoms with E-state index >= 15 is 0 Å². The Labute approximate surface area is 94.2 Å². The number of aromatic nitrogens is 2. The van der Waals surface area contributed by atoms with Crippen LogP contribution in [0.5, 0.6) is 0 Å². The summed E-state index contributed by atoms with van der Waals surface area (Å²) in [5, 5.41) is 6.01. The van der Waals surface area contributed by atoms with E-state index in [4.69, 9.17) is 9.47 Å². The second-order valence-electron chi connectivity index (χ2n) is 3.18. The maximum atomic E-state index is 11.8. The van der Waals surface area contributed by atoms with Gasteiger partial charge in [0.05, 0.1) is 12.2 Å². The van der Waals surface area contributed by atoms with Gasteiger partial charge in [-0.15, -0.1) is 0 Å². The molecule has 1 rings (SSSR count). The quantitative estimate of drug-likeness (QED) is 0.675. The van der Waals surface area contributed by atoms with Gasteiger partial charge in [-0.05, 0) is 6.92 Å². The maximum absolute atomic E-state index is 11.8. The molecule has 1 aromatic rings. The molecule has 1 unspecified atom stereocenters. The second-order valence-corrected chi connectivity index (χ2v) is 4.90. The van der Waals surface area contributed by atoms with Gasteiger partial charge in [-0.2, -0.15) is 5.10 Å². The lowest BCUT2D eigenvalue weighted by Gasteiger charge is -2.21. The molecule has 0 fully saturated rings. The molecule has 1 aromatic heterocycles. The Morgan fingerprint density at radius 1 is 1.44 bits per heavy atom. The van der Waals surface area contributed by atoms with Gasteiger partial charge in [0.2, 0.25) is 10.0 Å². The molecule has 0 aromatic carbocycles. The van der Waals surface area contributed by atoms with Gasteiger partial charge in [-0.3, -0.25) is 5.10 Å². The predicted octanol–water partition coefficient (Wildman–Crippen LogP) is -0.305. The van der Waals surface area contributed by atoms with Crippen LogP contribution in [0.3, 0.4) is 0 Å². The van der Waals surface area contributed by atoms with Crippen molar-refractivity contribution in [1.29, 1.82) is 0 Å². The zero-order valence-corrected chi connectivity index (χ0v) is 10.1. The standard InChI is InChI=1S/C8H15N3O4S/c1-6(8(14-2)15-3)11-16(12,13)7-4-9-10-5-7/h4-6,8,11H,1-3H3,(H,9,10). The number of rotatable bonds is 6. The summed E-state index contributed by atoms with van der Waals surface area (Å²) >= 11 is 0. The van der Waals surface area contributed by atoms with Crippen LogP contribution in [-0.4, -0.2) is 45.2 Å². The van der Waals surface area contributed by atoms with Crippen molar-refractivity contribution in [1.82, 2.24) is 14.9 Å². The number of methoxy groups -OCH3 is 2. The number of H-pyrrole nitrogens is 1. The van der Waals surface area contributed by atoms with Gasteiger partial charge in [0.15, 0.2) is 6.29 Å². The predicted molar refractivity (Wildman–Crippen MR) is 56.2 cm³/mol. The summed E-state index contributed by atoms with van der Waals surface area (Å²) in [6, 6.07) is -0.505. The summed E-state index contributed by atoms with van der Waals surface area (Å²) < 4.78 is 35.8. The average Bonchev–Trinajstić information content (AvgIpc) is 2.71. The van der Waals surface area contributed by atoms with Crippen LogP contribution in [0.1, 0.15) is 6.92 Å². The minimum Gasteiger partial charge on any atom is -0.354 e. The first-order chi connectivity index (χ1) is 7.51. The molecule has 16 heavy (non-hydrogen) atoms. The first-order valence-corrected chi connectivity index (χ1v) is 6.06. The number of nitrogens with zero attached hydrogens (tertiary/aromatic N) is 1. The van der Waals surface area contributed by atoms with Crippen molar-refractivity contribution < 1.29 is 17.9 Å². The molecule has 7 nitrogen and oxygen atoms in total. The second kappa shape index (κ2) is 5.39. The summed E-state index contributed by atoms with van der Waals surface area (Å²) in [6.45, 7) is 1.65. The van der Waals surface area contributed by atoms with Gasteiger partial charge in [0.25, 0.3) is 0 Å². The molecule has 92 valence electrons. The van der Waals surface area contributed by atoms with Crippen molar-refractivity contribution in [3.63, 3.8) is 0 Å². The fourth-order valence-electron chi connectivity index (χ4n) is 1.26. The lowest BCUT2D eigenvalue weighted by atomic mass is 10.3. The summed E-state index contributed by atoms with van der Waals surface area (Å²) in [6.07, 6.45) is 1.88. The van der Waals surface area contributed by atoms with Crippen LogP contribution < -0.4 is 4.72 Å². The third-order valence-corrected chi connectivity index (χ3v) is 3.52. The lowest BCUT2D eigenvalue weighted by molar-refractivity contribution is -0.115. The van der Waals surface area contributed by atoms with Crippen molar-refractivity contribution >= 4 is 10.0 Å². The molecule has 0 aliphatic heterocycles. The highest BCUT2D eigenvalue weighted by atomic mass is 32.2. The Morgan fingerprint density at radius 2 is 2.06 bits per heavy atom. The first kappa shape index (κ1) is 13.1. The van der Waals surface area contributed by atoms with E-state index in [0.29, 0.717) is 0 Å². The Hall–Kier alpha value is -0.960. The molecule has 2 N–H and O–H groups in total. The fourth-order valence-corrected chi connectivity index (χ4v) is 2.39. The normalized spacial score (nSPS) is 14.2. The molecule has 1 atom stereocenters. The molecule has 0 amide bonds. The fraction of sp³-hybridized carbons (Fsp3) is 0.625. The molecule has 0 bridgehead atoms. The SMILES string of the molecule is COC(OC)C(C)NS(=O)(=O)c1cn[nH]c1. The van der Waals surface area contributed by atoms with Crippen molar-refractivity contribution in [3.8, 4) is 0 Å². The van der Waals surface area contributed by atoms with Gasteiger partial charge < -0.3 is 9.47 Å². The largest absolute Gasteiger partial charge is 0.354 e. The van der Waals surface area contributed by atoms with Gasteiger partial charge in [0, 0.05) is 20.4 Å². The third-order valence-electron chi connectivity index (χ3n) is 2.00. The number of ether oxygens (including phenoxy) is 2. The molecule has 0 saturated carbocycles. The van der Waals surface area contributed by atoms with E-state index in [-0.39, 0.29) is 4.90 Å². The van der Waals surface area contributed by atoms with Crippen molar-refractivity contribution in [2.45, 2.75) is 24.2 Å². The van der Waals surface area contributed by atoms with Crippen LogP contribution in [0.2, 0.25) is 0 Å². The molecular formula is C8H15N3O4S. The minimum atomic E-state index is -3.59. The molecule has 1 heterocycles. The van der Waals surface area contributed by atoms with Crippen molar-refractivity contribution in [2.24, 2.45) is 0 Å². The number of nitrogens with one attached hydrogen (secondary N) is 2. The van der Waals surface area contributed by atoms with E-state index in [2.05, 4.69) is 14.9 Å². The summed E-state index contributed by atoms with van der Waals surface area (Å²) in [5.41, 5.74) is 0. The Kier molecular flexibility index (Phi) is 4.42. The van der Waals surface area contributed by atoms with E-state index in [1.807, 2.05) is 0 Å². The Balaban J connectivity index is 2.74. The van der Waals surface area contributed by atoms with Gasteiger partial charge in [0.1, 0.15) is 4.90 Å². The maximum Gasteiger partial charge on any atom is 0.244 e. The minimum absolute atomic E-state index is 0.0744. The third kappa shape index (κ3) is 3.01. The highest BCUT2D eigenvalue weighted by molar-refractivity contribution is 7.89. The molecule has 0 radical (unpaired) electrons. The highest BCUT2D eigenvalue weighted by Crippen LogP contribution is 2.08. The van der Waals surface area contributed by atoms with Crippen LogP contribution in [0, 0.1) is 0 Å². The first-order valence-electron chi connectivity index (χ1n) is 4.58. The summed E-state index contributed by atoms with van der Waals surface area (Å²) in [7, 11) is -0.703. The molecular weight excluding hydrogens is 234 g/mol. The summed E-state index contributed by atoms with van der Waals surface area (Å²) in [5.74, 6) is 0. The van der Waals surface area contributed by atoms with E-state index in [1.54, 1.807) is 6.92 Å². The van der Waals surface area contributed by atoms with Crippen molar-refractivity contribution in [3.05, 3.63) is 12.4 Å². The molecule has 0 saturated heterocycles. The van der Waals surface area contributed by atoms with Crippen LogP contribution in [-0.2, 0) is 19.5 Å². The van der Waals surface area contributed by atoms with Gasteiger partial charge >= 0.3 is 0 Å². The van der Waals surface area contributed by atoms with E-state index in [1.165, 1.54) is 26.6 Å². The Morgan fingerprint density at radius 3 is 2.50 bits per heavy atom. The topological polar surface area (TPSA) is 93.3 Å². The number of hydrogen-bond donors (Lipinski definition) is 2. The van der Waals surface area contributed by atoms with E-state index < -0.39 is 22.4 Å². The zero-order chi connectivity index (χ0) is 12.2. The van der Waals surface area contributed by atoms with E-state index in [9.17, 15) is 8.42 Å². The van der Waals surface area contributed by atoms with Crippen LogP contribution in [0.25, 0.3) is 0 Å². The monoisotopic (exact) mass is 249 g/mol. The molecule has 0 aliphatic carbocycles. The van der Waals surface area contributed by atoms with Crippen LogP contribution in [0.4, 0.5) is 0 Å². The number of hydrogen-bond acceptors (Lipinski definition) is 5. The lowest BCUT2D eigenvalue weighted by Crippen LogP contribution is -2.42. The molecule has 0 spiro atoms. The summed E-state index contributed by atoms with van der Waals surface area (Å²) in [4.78, 5) is 0.0744. The zero-order valence-electron chi connectivity index (χ0n) is 9.30. The highest BCUT2D eigenvalue weighted by Gasteiger charge is 2.23.